The summed E-state index contributed by atoms with van der Waals surface area (Å²) in [5, 5.41) is 8.89. The van der Waals surface area contributed by atoms with Gasteiger partial charge in [-0.15, -0.1) is 0 Å². The van der Waals surface area contributed by atoms with Gasteiger partial charge in [0.1, 0.15) is 5.82 Å². The summed E-state index contributed by atoms with van der Waals surface area (Å²) in [5.74, 6) is 0.571. The highest BCUT2D eigenvalue weighted by Crippen LogP contribution is 2.33. The van der Waals surface area contributed by atoms with Gasteiger partial charge in [-0.25, -0.2) is 0 Å². The normalized spacial score (nSPS) is 30.6. The Labute approximate surface area is 158 Å². The number of nitriles is 1. The monoisotopic (exact) mass is 378 g/mol. The summed E-state index contributed by atoms with van der Waals surface area (Å²) in [5.41, 5.74) is 10.9. The zero-order chi connectivity index (χ0) is 19.4. The van der Waals surface area contributed by atoms with E-state index in [0.29, 0.717) is 45.1 Å². The molecule has 3 rings (SSSR count). The fourth-order valence-corrected chi connectivity index (χ4v) is 3.08. The second-order valence-electron chi connectivity index (χ2n) is 7.42. The van der Waals surface area contributed by atoms with Gasteiger partial charge in [-0.2, -0.15) is 20.2 Å². The van der Waals surface area contributed by atoms with Crippen molar-refractivity contribution in [2.75, 3.05) is 37.9 Å². The van der Waals surface area contributed by atoms with Crippen LogP contribution >= 0.6 is 0 Å². The molecular formula is C17H26N6O4. The lowest BCUT2D eigenvalue weighted by Gasteiger charge is -2.44. The number of nitrogens with zero attached hydrogens (tertiary/aromatic N) is 4. The minimum absolute atomic E-state index is 0.0487. The number of hydrogen-bond acceptors (Lipinski definition) is 10. The third kappa shape index (κ3) is 5.01. The quantitative estimate of drug-likeness (QED) is 0.753. The van der Waals surface area contributed by atoms with Crippen molar-refractivity contribution in [3.05, 3.63) is 5.82 Å². The third-order valence-electron chi connectivity index (χ3n) is 4.74. The van der Waals surface area contributed by atoms with Crippen molar-refractivity contribution in [3.8, 4) is 6.07 Å². The third-order valence-corrected chi connectivity index (χ3v) is 4.74. The maximum absolute atomic E-state index is 8.89. The Morgan fingerprint density at radius 3 is 1.93 bits per heavy atom. The number of ether oxygens (including phenoxy) is 4. The lowest BCUT2D eigenvalue weighted by molar-refractivity contribution is -0.305. The first-order valence-corrected chi connectivity index (χ1v) is 9.02. The number of nitrogen functional groups attached to an aromatic ring is 2. The maximum atomic E-state index is 8.89. The number of nitrogens with two attached hydrogens (primary N) is 2. The summed E-state index contributed by atoms with van der Waals surface area (Å²) in [4.78, 5) is 12.0. The fourth-order valence-electron chi connectivity index (χ4n) is 3.08. The number of anilines is 2. The van der Waals surface area contributed by atoms with E-state index in [1.54, 1.807) is 0 Å². The maximum Gasteiger partial charge on any atom is 0.225 e. The summed E-state index contributed by atoms with van der Waals surface area (Å²) < 4.78 is 23.3. The number of hydrogen-bond donors (Lipinski definition) is 2. The van der Waals surface area contributed by atoms with Crippen molar-refractivity contribution in [2.45, 2.75) is 45.2 Å². The Hall–Kier alpha value is -2.06. The molecule has 0 amide bonds. The SMILES string of the molecule is CC(C#N)CC1OCC2(CO1)COC(CC(C)c1nc(N)nc(N)n1)OC2. The van der Waals surface area contributed by atoms with Gasteiger partial charge in [-0.1, -0.05) is 6.92 Å². The van der Waals surface area contributed by atoms with E-state index in [-0.39, 0.29) is 41.7 Å². The fraction of sp³-hybridized carbons (Fsp3) is 0.765. The molecular weight excluding hydrogens is 352 g/mol. The zero-order valence-electron chi connectivity index (χ0n) is 15.6. The molecule has 27 heavy (non-hydrogen) atoms. The Morgan fingerprint density at radius 1 is 0.963 bits per heavy atom. The predicted molar refractivity (Wildman–Crippen MR) is 94.9 cm³/mol. The molecule has 0 aliphatic carbocycles. The molecule has 2 aliphatic rings. The van der Waals surface area contributed by atoms with Crippen LogP contribution in [0.2, 0.25) is 0 Å². The van der Waals surface area contributed by atoms with Gasteiger partial charge < -0.3 is 30.4 Å². The van der Waals surface area contributed by atoms with E-state index in [0.717, 1.165) is 0 Å². The summed E-state index contributed by atoms with van der Waals surface area (Å²) in [6.07, 6.45) is 0.416. The Balaban J connectivity index is 1.47. The van der Waals surface area contributed by atoms with Crippen molar-refractivity contribution in [2.24, 2.45) is 11.3 Å². The van der Waals surface area contributed by atoms with Crippen LogP contribution in [0.4, 0.5) is 11.9 Å². The molecule has 148 valence electrons. The molecule has 10 heteroatoms. The molecule has 0 radical (unpaired) electrons. The highest BCUT2D eigenvalue weighted by atomic mass is 16.7. The molecule has 10 nitrogen and oxygen atoms in total. The molecule has 0 saturated carbocycles. The molecule has 2 fully saturated rings. The molecule has 2 aliphatic heterocycles. The Kier molecular flexibility index (Phi) is 6.06. The highest BCUT2D eigenvalue weighted by molar-refractivity contribution is 5.26. The van der Waals surface area contributed by atoms with Crippen molar-refractivity contribution < 1.29 is 18.9 Å². The van der Waals surface area contributed by atoms with Crippen molar-refractivity contribution in [3.63, 3.8) is 0 Å². The molecule has 1 aromatic rings. The van der Waals surface area contributed by atoms with Crippen molar-refractivity contribution >= 4 is 11.9 Å². The summed E-state index contributed by atoms with van der Waals surface area (Å²) >= 11 is 0. The molecule has 4 N–H and O–H groups in total. The molecule has 0 aromatic carbocycles. The van der Waals surface area contributed by atoms with Crippen LogP contribution in [-0.2, 0) is 18.9 Å². The molecule has 1 spiro atoms. The van der Waals surface area contributed by atoms with Gasteiger partial charge in [0.05, 0.1) is 37.9 Å². The number of rotatable bonds is 5. The highest BCUT2D eigenvalue weighted by Gasteiger charge is 2.42. The van der Waals surface area contributed by atoms with E-state index in [2.05, 4.69) is 21.0 Å². The van der Waals surface area contributed by atoms with Crippen LogP contribution in [0.1, 0.15) is 38.4 Å². The summed E-state index contributed by atoms with van der Waals surface area (Å²) in [6.45, 7) is 5.73. The van der Waals surface area contributed by atoms with Gasteiger partial charge >= 0.3 is 0 Å². The van der Waals surface area contributed by atoms with E-state index in [1.807, 2.05) is 13.8 Å². The lowest BCUT2D eigenvalue weighted by atomic mass is 9.90. The minimum Gasteiger partial charge on any atom is -0.368 e. The van der Waals surface area contributed by atoms with Gasteiger partial charge in [-0.05, 0) is 6.92 Å². The first kappa shape index (κ1) is 19.7. The molecule has 3 heterocycles. The van der Waals surface area contributed by atoms with E-state index in [1.165, 1.54) is 0 Å². The predicted octanol–water partition coefficient (Wildman–Crippen LogP) is 0.812. The van der Waals surface area contributed by atoms with Crippen LogP contribution in [0.25, 0.3) is 0 Å². The van der Waals surface area contributed by atoms with E-state index < -0.39 is 0 Å². The average Bonchev–Trinajstić information content (AvgIpc) is 2.65. The first-order chi connectivity index (χ1) is 12.9. The second-order valence-corrected chi connectivity index (χ2v) is 7.42. The van der Waals surface area contributed by atoms with E-state index in [9.17, 15) is 0 Å². The lowest BCUT2D eigenvalue weighted by Crippen LogP contribution is -2.52. The van der Waals surface area contributed by atoms with Crippen LogP contribution in [0.15, 0.2) is 0 Å². The van der Waals surface area contributed by atoms with Gasteiger partial charge in [0.2, 0.25) is 11.9 Å². The van der Waals surface area contributed by atoms with Gasteiger partial charge in [-0.3, -0.25) is 0 Å². The van der Waals surface area contributed by atoms with Gasteiger partial charge in [0.25, 0.3) is 0 Å². The minimum atomic E-state index is -0.374. The van der Waals surface area contributed by atoms with E-state index >= 15 is 0 Å². The van der Waals surface area contributed by atoms with Crippen LogP contribution < -0.4 is 11.5 Å². The second kappa shape index (κ2) is 8.31. The molecule has 2 atom stereocenters. The Bertz CT molecular complexity index is 658. The van der Waals surface area contributed by atoms with Crippen LogP contribution in [0.5, 0.6) is 0 Å². The Morgan fingerprint density at radius 2 is 1.44 bits per heavy atom. The van der Waals surface area contributed by atoms with E-state index in [4.69, 9.17) is 35.7 Å². The van der Waals surface area contributed by atoms with Crippen LogP contribution in [0.3, 0.4) is 0 Å². The average molecular weight is 378 g/mol. The topological polar surface area (TPSA) is 151 Å². The zero-order valence-corrected chi connectivity index (χ0v) is 15.6. The largest absolute Gasteiger partial charge is 0.368 e. The molecule has 2 saturated heterocycles. The van der Waals surface area contributed by atoms with Gasteiger partial charge in [0, 0.05) is 24.7 Å². The molecule has 2 unspecified atom stereocenters. The molecule has 1 aromatic heterocycles. The van der Waals surface area contributed by atoms with Crippen LogP contribution in [-0.4, -0.2) is 54.0 Å². The van der Waals surface area contributed by atoms with Crippen molar-refractivity contribution in [1.82, 2.24) is 15.0 Å². The molecule has 0 bridgehead atoms. The smallest absolute Gasteiger partial charge is 0.225 e. The summed E-state index contributed by atoms with van der Waals surface area (Å²) in [7, 11) is 0. The number of aromatic nitrogens is 3. The van der Waals surface area contributed by atoms with Crippen molar-refractivity contribution in [1.29, 1.82) is 5.26 Å². The van der Waals surface area contributed by atoms with Gasteiger partial charge in [0.15, 0.2) is 12.6 Å². The standard InChI is InChI=1S/C17H26N6O4/c1-10(5-18)3-12-24-6-17(7-25-12)8-26-13(27-9-17)4-11(2)14-21-15(19)23-16(20)22-14/h10-13H,3-4,6-9H2,1-2H3,(H4,19,20,21,22,23). The first-order valence-electron chi connectivity index (χ1n) is 9.02. The summed E-state index contributed by atoms with van der Waals surface area (Å²) in [6, 6.07) is 2.19. The van der Waals surface area contributed by atoms with Crippen LogP contribution in [0, 0.1) is 22.7 Å².